The van der Waals surface area contributed by atoms with Gasteiger partial charge in [-0.3, -0.25) is 14.7 Å². The molecule has 118 valence electrons. The van der Waals surface area contributed by atoms with Crippen LogP contribution >= 0.6 is 0 Å². The average molecular weight is 296 g/mol. The Hall–Kier alpha value is -1.92. The Labute approximate surface area is 125 Å². The second-order valence-corrected chi connectivity index (χ2v) is 6.09. The lowest BCUT2D eigenvalue weighted by Gasteiger charge is -2.24. The van der Waals surface area contributed by atoms with Crippen molar-refractivity contribution in [1.82, 2.24) is 20.1 Å². The molecular weight excluding hydrogens is 272 g/mol. The predicted octanol–water partition coefficient (Wildman–Crippen LogP) is 1.52. The molecule has 0 fully saturated rings. The number of amides is 1. The summed E-state index contributed by atoms with van der Waals surface area (Å²) >= 11 is 0. The Kier molecular flexibility index (Phi) is 5.46. The van der Waals surface area contributed by atoms with Crippen molar-refractivity contribution in [1.29, 1.82) is 0 Å². The summed E-state index contributed by atoms with van der Waals surface area (Å²) in [5.41, 5.74) is -0.227. The highest BCUT2D eigenvalue weighted by molar-refractivity contribution is 5.92. The summed E-state index contributed by atoms with van der Waals surface area (Å²) in [6.45, 7) is 11.5. The number of carbonyl (C=O) groups is 2. The summed E-state index contributed by atoms with van der Waals surface area (Å²) in [6.07, 6.45) is 0. The van der Waals surface area contributed by atoms with Gasteiger partial charge in [0.25, 0.3) is 5.91 Å². The molecule has 1 aromatic rings. The van der Waals surface area contributed by atoms with Gasteiger partial charge in [-0.05, 0) is 20.8 Å². The van der Waals surface area contributed by atoms with Gasteiger partial charge < -0.3 is 9.64 Å². The third kappa shape index (κ3) is 4.54. The van der Waals surface area contributed by atoms with Crippen molar-refractivity contribution in [3.63, 3.8) is 0 Å². The Bertz CT molecular complexity index is 503. The minimum absolute atomic E-state index is 0.0675. The quantitative estimate of drug-likeness (QED) is 0.832. The lowest BCUT2D eigenvalue weighted by atomic mass is 9.96. The zero-order valence-corrected chi connectivity index (χ0v) is 13.6. The molecule has 0 spiro atoms. The van der Waals surface area contributed by atoms with Crippen LogP contribution in [0.1, 0.15) is 58.0 Å². The lowest BCUT2D eigenvalue weighted by molar-refractivity contribution is -0.144. The molecule has 1 aromatic heterocycles. The summed E-state index contributed by atoms with van der Waals surface area (Å²) in [5, 5.41) is 6.73. The van der Waals surface area contributed by atoms with E-state index in [-0.39, 0.29) is 36.3 Å². The standard InChI is InChI=1S/C14H24N4O3/c1-7-21-10(19)8-18(9(2)3)12(20)11-15-13(17-16-11)14(4,5)6/h9H,7-8H2,1-6H3,(H,15,16,17). The normalized spacial score (nSPS) is 11.6. The molecule has 0 saturated carbocycles. The first-order valence-corrected chi connectivity index (χ1v) is 7.06. The first-order valence-electron chi connectivity index (χ1n) is 7.06. The maximum atomic E-state index is 12.4. The van der Waals surface area contributed by atoms with Crippen LogP contribution in [0.15, 0.2) is 0 Å². The van der Waals surface area contributed by atoms with E-state index in [9.17, 15) is 9.59 Å². The Morgan fingerprint density at radius 2 is 1.95 bits per heavy atom. The van der Waals surface area contributed by atoms with E-state index in [1.807, 2.05) is 34.6 Å². The summed E-state index contributed by atoms with van der Waals surface area (Å²) < 4.78 is 4.89. The summed E-state index contributed by atoms with van der Waals surface area (Å²) in [7, 11) is 0. The molecule has 1 N–H and O–H groups in total. The largest absolute Gasteiger partial charge is 0.465 e. The van der Waals surface area contributed by atoms with E-state index in [2.05, 4.69) is 15.2 Å². The highest BCUT2D eigenvalue weighted by atomic mass is 16.5. The number of nitrogens with one attached hydrogen (secondary N) is 1. The molecule has 0 aliphatic heterocycles. The van der Waals surface area contributed by atoms with Crippen LogP contribution in [-0.2, 0) is 14.9 Å². The van der Waals surface area contributed by atoms with Crippen LogP contribution in [0.5, 0.6) is 0 Å². The minimum atomic E-state index is -0.439. The first-order chi connectivity index (χ1) is 9.66. The number of esters is 1. The van der Waals surface area contributed by atoms with E-state index < -0.39 is 5.97 Å². The molecule has 0 saturated heterocycles. The molecule has 1 heterocycles. The number of ether oxygens (including phenoxy) is 1. The van der Waals surface area contributed by atoms with Crippen LogP contribution < -0.4 is 0 Å². The molecule has 1 rings (SSSR count). The zero-order valence-electron chi connectivity index (χ0n) is 13.6. The third-order valence-corrected chi connectivity index (χ3v) is 2.88. The fourth-order valence-electron chi connectivity index (χ4n) is 1.66. The number of rotatable bonds is 5. The number of hydrogen-bond acceptors (Lipinski definition) is 5. The minimum Gasteiger partial charge on any atom is -0.465 e. The van der Waals surface area contributed by atoms with Gasteiger partial charge in [0.1, 0.15) is 12.4 Å². The monoisotopic (exact) mass is 296 g/mol. The third-order valence-electron chi connectivity index (χ3n) is 2.88. The van der Waals surface area contributed by atoms with Crippen molar-refractivity contribution in [2.75, 3.05) is 13.2 Å². The molecule has 0 bridgehead atoms. The van der Waals surface area contributed by atoms with Gasteiger partial charge in [0.05, 0.1) is 6.61 Å². The summed E-state index contributed by atoms with van der Waals surface area (Å²) in [4.78, 5) is 29.7. The fourth-order valence-corrected chi connectivity index (χ4v) is 1.66. The van der Waals surface area contributed by atoms with Gasteiger partial charge in [0.2, 0.25) is 5.82 Å². The van der Waals surface area contributed by atoms with Crippen molar-refractivity contribution in [3.05, 3.63) is 11.6 Å². The fraction of sp³-hybridized carbons (Fsp3) is 0.714. The number of aromatic amines is 1. The Morgan fingerprint density at radius 3 is 2.38 bits per heavy atom. The molecule has 21 heavy (non-hydrogen) atoms. The van der Waals surface area contributed by atoms with Gasteiger partial charge in [-0.2, -0.15) is 0 Å². The number of hydrogen-bond donors (Lipinski definition) is 1. The van der Waals surface area contributed by atoms with E-state index in [0.29, 0.717) is 5.82 Å². The van der Waals surface area contributed by atoms with E-state index in [1.165, 1.54) is 4.90 Å². The molecular formula is C14H24N4O3. The molecule has 0 aliphatic carbocycles. The maximum absolute atomic E-state index is 12.4. The first kappa shape index (κ1) is 17.1. The molecule has 0 aromatic carbocycles. The van der Waals surface area contributed by atoms with Gasteiger partial charge >= 0.3 is 5.97 Å². The molecule has 0 aliphatic rings. The average Bonchev–Trinajstić information content (AvgIpc) is 2.84. The molecule has 1 amide bonds. The van der Waals surface area contributed by atoms with Crippen molar-refractivity contribution < 1.29 is 14.3 Å². The van der Waals surface area contributed by atoms with Crippen LogP contribution in [0, 0.1) is 0 Å². The molecule has 7 nitrogen and oxygen atoms in total. The molecule has 0 atom stereocenters. The Balaban J connectivity index is 2.91. The Morgan fingerprint density at radius 1 is 1.33 bits per heavy atom. The molecule has 0 radical (unpaired) electrons. The number of carbonyl (C=O) groups excluding carboxylic acids is 2. The highest BCUT2D eigenvalue weighted by Crippen LogP contribution is 2.18. The van der Waals surface area contributed by atoms with E-state index >= 15 is 0 Å². The second kappa shape index (κ2) is 6.69. The molecule has 7 heteroatoms. The summed E-state index contributed by atoms with van der Waals surface area (Å²) in [5.74, 6) is -0.125. The van der Waals surface area contributed by atoms with Gasteiger partial charge in [-0.15, -0.1) is 5.10 Å². The SMILES string of the molecule is CCOC(=O)CN(C(=O)c1n[nH]c(C(C)(C)C)n1)C(C)C. The van der Waals surface area contributed by atoms with Crippen molar-refractivity contribution in [2.24, 2.45) is 0 Å². The van der Waals surface area contributed by atoms with Gasteiger partial charge in [-0.25, -0.2) is 4.98 Å². The lowest BCUT2D eigenvalue weighted by Crippen LogP contribution is -2.41. The zero-order chi connectivity index (χ0) is 16.2. The summed E-state index contributed by atoms with van der Waals surface area (Å²) in [6, 6.07) is -0.154. The van der Waals surface area contributed by atoms with Crippen molar-refractivity contribution in [2.45, 2.75) is 53.0 Å². The predicted molar refractivity (Wildman–Crippen MR) is 77.9 cm³/mol. The van der Waals surface area contributed by atoms with Gasteiger partial charge in [-0.1, -0.05) is 20.8 Å². The number of aromatic nitrogens is 3. The topological polar surface area (TPSA) is 88.2 Å². The van der Waals surface area contributed by atoms with Crippen LogP contribution in [0.4, 0.5) is 0 Å². The van der Waals surface area contributed by atoms with Crippen LogP contribution in [0.3, 0.4) is 0 Å². The van der Waals surface area contributed by atoms with E-state index in [1.54, 1.807) is 6.92 Å². The van der Waals surface area contributed by atoms with Gasteiger partial charge in [0.15, 0.2) is 0 Å². The second-order valence-electron chi connectivity index (χ2n) is 6.09. The van der Waals surface area contributed by atoms with Gasteiger partial charge in [0, 0.05) is 11.5 Å². The van der Waals surface area contributed by atoms with E-state index in [4.69, 9.17) is 4.74 Å². The molecule has 0 unspecified atom stereocenters. The van der Waals surface area contributed by atoms with Crippen LogP contribution in [0.2, 0.25) is 0 Å². The van der Waals surface area contributed by atoms with Crippen molar-refractivity contribution in [3.8, 4) is 0 Å². The van der Waals surface area contributed by atoms with Crippen molar-refractivity contribution >= 4 is 11.9 Å². The maximum Gasteiger partial charge on any atom is 0.325 e. The van der Waals surface area contributed by atoms with Crippen LogP contribution in [-0.4, -0.2) is 51.2 Å². The highest BCUT2D eigenvalue weighted by Gasteiger charge is 2.27. The smallest absolute Gasteiger partial charge is 0.325 e. The number of H-pyrrole nitrogens is 1. The van der Waals surface area contributed by atoms with E-state index in [0.717, 1.165) is 0 Å². The number of nitrogens with zero attached hydrogens (tertiary/aromatic N) is 3. The van der Waals surface area contributed by atoms with Crippen LogP contribution in [0.25, 0.3) is 0 Å².